The second kappa shape index (κ2) is 9.07. The molecule has 0 saturated carbocycles. The smallest absolute Gasteiger partial charge is 0.223 e. The first-order valence-electron chi connectivity index (χ1n) is 10.4. The first-order valence-corrected chi connectivity index (χ1v) is 10.4. The maximum Gasteiger partial charge on any atom is 0.223 e. The van der Waals surface area contributed by atoms with E-state index in [1.54, 1.807) is 19.5 Å². The molecule has 1 atom stereocenters. The molecule has 3 aromatic heterocycles. The van der Waals surface area contributed by atoms with E-state index in [4.69, 9.17) is 10.5 Å². The normalized spacial score (nSPS) is 16.4. The van der Waals surface area contributed by atoms with Gasteiger partial charge in [0.15, 0.2) is 5.82 Å². The Labute approximate surface area is 182 Å². The monoisotopic (exact) mass is 417 g/mol. The summed E-state index contributed by atoms with van der Waals surface area (Å²) in [5, 5.41) is 8.86. The summed E-state index contributed by atoms with van der Waals surface area (Å²) in [4.78, 5) is 15.5. The van der Waals surface area contributed by atoms with Crippen molar-refractivity contribution in [2.75, 3.05) is 19.1 Å². The second-order valence-electron chi connectivity index (χ2n) is 7.75. The number of rotatable bonds is 5. The summed E-state index contributed by atoms with van der Waals surface area (Å²) in [7, 11) is 3.64. The molecule has 3 heterocycles. The van der Waals surface area contributed by atoms with Gasteiger partial charge in [-0.15, -0.1) is 10.2 Å². The average molecular weight is 418 g/mol. The summed E-state index contributed by atoms with van der Waals surface area (Å²) in [6.07, 6.45) is 9.67. The lowest BCUT2D eigenvalue weighted by atomic mass is 10.1. The molecule has 160 valence electrons. The van der Waals surface area contributed by atoms with Gasteiger partial charge in [-0.25, -0.2) is 4.98 Å². The number of pyridine rings is 1. The number of hydrogen-bond acceptors (Lipinski definition) is 8. The molecule has 0 aromatic carbocycles. The van der Waals surface area contributed by atoms with E-state index in [0.717, 1.165) is 48.5 Å². The highest BCUT2D eigenvalue weighted by atomic mass is 16.5. The number of allylic oxidation sites excluding steroid dienone is 1. The summed E-state index contributed by atoms with van der Waals surface area (Å²) in [6.45, 7) is 1.90. The summed E-state index contributed by atoms with van der Waals surface area (Å²) in [5.41, 5.74) is 10.8. The van der Waals surface area contributed by atoms with E-state index in [2.05, 4.69) is 36.1 Å². The minimum absolute atomic E-state index is 0.326. The Morgan fingerprint density at radius 2 is 1.87 bits per heavy atom. The third-order valence-electron chi connectivity index (χ3n) is 5.55. The average Bonchev–Trinajstić information content (AvgIpc) is 3.03. The quantitative estimate of drug-likeness (QED) is 0.672. The fraction of sp³-hybridized carbons (Fsp3) is 0.348. The van der Waals surface area contributed by atoms with Gasteiger partial charge >= 0.3 is 0 Å². The topological polar surface area (TPSA) is 103 Å². The summed E-state index contributed by atoms with van der Waals surface area (Å²) in [6, 6.07) is 8.04. The largest absolute Gasteiger partial charge is 0.480 e. The van der Waals surface area contributed by atoms with Crippen LogP contribution in [-0.2, 0) is 0 Å². The van der Waals surface area contributed by atoms with Crippen molar-refractivity contribution < 1.29 is 4.74 Å². The molecule has 1 aliphatic rings. The van der Waals surface area contributed by atoms with Crippen LogP contribution in [0.3, 0.4) is 0 Å². The fourth-order valence-electron chi connectivity index (χ4n) is 3.73. The predicted octanol–water partition coefficient (Wildman–Crippen LogP) is 3.53. The number of nitrogens with zero attached hydrogens (tertiary/aromatic N) is 6. The first kappa shape index (κ1) is 20.7. The summed E-state index contributed by atoms with van der Waals surface area (Å²) >= 11 is 0. The minimum Gasteiger partial charge on any atom is -0.480 e. The van der Waals surface area contributed by atoms with E-state index in [1.165, 1.54) is 0 Å². The predicted molar refractivity (Wildman–Crippen MR) is 121 cm³/mol. The van der Waals surface area contributed by atoms with E-state index in [9.17, 15) is 0 Å². The van der Waals surface area contributed by atoms with Gasteiger partial charge in [-0.05, 0) is 50.5 Å². The Morgan fingerprint density at radius 1 is 1.03 bits per heavy atom. The van der Waals surface area contributed by atoms with Crippen LogP contribution in [0, 0.1) is 6.92 Å². The highest BCUT2D eigenvalue weighted by Gasteiger charge is 2.19. The molecule has 0 spiro atoms. The lowest BCUT2D eigenvalue weighted by Crippen LogP contribution is -2.33. The lowest BCUT2D eigenvalue weighted by molar-refractivity contribution is 0.400. The molecule has 2 N–H and O–H groups in total. The fourth-order valence-corrected chi connectivity index (χ4v) is 3.73. The van der Waals surface area contributed by atoms with Crippen LogP contribution in [0.25, 0.3) is 22.6 Å². The van der Waals surface area contributed by atoms with Crippen molar-refractivity contribution in [2.24, 2.45) is 5.73 Å². The van der Waals surface area contributed by atoms with Crippen LogP contribution in [-0.4, -0.2) is 45.3 Å². The van der Waals surface area contributed by atoms with Crippen LogP contribution in [0.2, 0.25) is 0 Å². The number of anilines is 1. The zero-order valence-electron chi connectivity index (χ0n) is 18.1. The summed E-state index contributed by atoms with van der Waals surface area (Å²) < 4.78 is 5.50. The van der Waals surface area contributed by atoms with Crippen LogP contribution in [0.4, 0.5) is 5.82 Å². The molecule has 0 saturated heterocycles. The number of ether oxygens (including phenoxy) is 1. The van der Waals surface area contributed by atoms with Gasteiger partial charge in [-0.1, -0.05) is 6.08 Å². The molecule has 3 aromatic rings. The Bertz CT molecular complexity index is 1060. The van der Waals surface area contributed by atoms with Crippen molar-refractivity contribution in [2.45, 2.75) is 38.6 Å². The molecule has 8 nitrogen and oxygen atoms in total. The number of methoxy groups -OCH3 is 1. The van der Waals surface area contributed by atoms with Crippen LogP contribution >= 0.6 is 0 Å². The van der Waals surface area contributed by atoms with Crippen molar-refractivity contribution in [1.82, 2.24) is 25.1 Å². The molecule has 0 aliphatic heterocycles. The van der Waals surface area contributed by atoms with Crippen LogP contribution in [0.15, 0.2) is 48.4 Å². The zero-order valence-corrected chi connectivity index (χ0v) is 18.1. The second-order valence-corrected chi connectivity index (χ2v) is 7.75. The van der Waals surface area contributed by atoms with E-state index in [-0.39, 0.29) is 0 Å². The molecule has 0 amide bonds. The number of aryl methyl sites for hydroxylation is 1. The third-order valence-corrected chi connectivity index (χ3v) is 5.55. The Hall–Kier alpha value is -3.55. The van der Waals surface area contributed by atoms with Crippen molar-refractivity contribution in [3.05, 3.63) is 54.1 Å². The molecule has 0 unspecified atom stereocenters. The van der Waals surface area contributed by atoms with Crippen molar-refractivity contribution in [1.29, 1.82) is 0 Å². The van der Waals surface area contributed by atoms with Crippen molar-refractivity contribution in [3.8, 4) is 28.5 Å². The first-order chi connectivity index (χ1) is 15.0. The van der Waals surface area contributed by atoms with Crippen LogP contribution in [0.5, 0.6) is 5.88 Å². The zero-order chi connectivity index (χ0) is 21.8. The Kier molecular flexibility index (Phi) is 6.06. The molecular formula is C23H27N7O. The number of nitrogens with two attached hydrogens (primary N) is 1. The van der Waals surface area contributed by atoms with Gasteiger partial charge < -0.3 is 15.4 Å². The molecule has 4 rings (SSSR count). The summed E-state index contributed by atoms with van der Waals surface area (Å²) in [5.74, 6) is 1.29. The van der Waals surface area contributed by atoms with Gasteiger partial charge in [0.1, 0.15) is 5.69 Å². The van der Waals surface area contributed by atoms with Gasteiger partial charge in [-0.2, -0.15) is 0 Å². The lowest BCUT2D eigenvalue weighted by Gasteiger charge is -2.28. The van der Waals surface area contributed by atoms with E-state index in [1.807, 2.05) is 38.2 Å². The highest BCUT2D eigenvalue weighted by molar-refractivity contribution is 5.68. The van der Waals surface area contributed by atoms with Gasteiger partial charge in [-0.3, -0.25) is 9.97 Å². The molecule has 31 heavy (non-hydrogen) atoms. The third kappa shape index (κ3) is 4.63. The SMILES string of the molecule is COc1nc(-c2ccc(N(C)[C@@H]3CCCC=C(N)C3)nn2)ccc1-c1cnc(C)cn1. The van der Waals surface area contributed by atoms with Crippen LogP contribution < -0.4 is 15.4 Å². The molecule has 0 fully saturated rings. The van der Waals surface area contributed by atoms with Crippen molar-refractivity contribution in [3.63, 3.8) is 0 Å². The Balaban J connectivity index is 1.56. The standard InChI is InChI=1S/C23H27N7O/c1-15-13-26-21(14-25-15)18-8-9-19(27-23(18)31-3)20-10-11-22(29-28-20)30(2)17-7-5-4-6-16(24)12-17/h6,8-11,13-14,17H,4-5,7,12,24H2,1-3H3/t17-/m1/s1. The van der Waals surface area contributed by atoms with Crippen LogP contribution in [0.1, 0.15) is 31.4 Å². The molecule has 0 radical (unpaired) electrons. The van der Waals surface area contributed by atoms with Gasteiger partial charge in [0.25, 0.3) is 0 Å². The number of hydrogen-bond donors (Lipinski definition) is 1. The molecule has 8 heteroatoms. The Morgan fingerprint density at radius 3 is 2.58 bits per heavy atom. The maximum absolute atomic E-state index is 6.10. The van der Waals surface area contributed by atoms with E-state index >= 15 is 0 Å². The number of aromatic nitrogens is 5. The van der Waals surface area contributed by atoms with Gasteiger partial charge in [0.2, 0.25) is 5.88 Å². The van der Waals surface area contributed by atoms with Crippen molar-refractivity contribution >= 4 is 5.82 Å². The minimum atomic E-state index is 0.326. The van der Waals surface area contributed by atoms with Gasteiger partial charge in [0, 0.05) is 31.4 Å². The highest BCUT2D eigenvalue weighted by Crippen LogP contribution is 2.30. The van der Waals surface area contributed by atoms with E-state index < -0.39 is 0 Å². The molecular weight excluding hydrogens is 390 g/mol. The molecule has 0 bridgehead atoms. The van der Waals surface area contributed by atoms with Gasteiger partial charge in [0.05, 0.1) is 36.0 Å². The molecule has 1 aliphatic carbocycles. The van der Waals surface area contributed by atoms with E-state index in [0.29, 0.717) is 29.0 Å². The maximum atomic E-state index is 6.10.